The van der Waals surface area contributed by atoms with E-state index in [1.165, 1.54) is 41.8 Å². The lowest BCUT2D eigenvalue weighted by atomic mass is 10.1. The maximum atomic E-state index is 13.2. The summed E-state index contributed by atoms with van der Waals surface area (Å²) in [6.45, 7) is 2.96. The molecule has 5 rings (SSSR count). The average molecular weight is 552 g/mol. The fourth-order valence-electron chi connectivity index (χ4n) is 4.67. The molecule has 3 heterocycles. The van der Waals surface area contributed by atoms with Crippen LogP contribution in [0.5, 0.6) is 0 Å². The van der Waals surface area contributed by atoms with E-state index in [9.17, 15) is 26.4 Å². The molecule has 2 fully saturated rings. The van der Waals surface area contributed by atoms with Crippen molar-refractivity contribution in [1.29, 1.82) is 0 Å². The average Bonchev–Trinajstić information content (AvgIpc) is 3.53. The molecule has 0 spiro atoms. The van der Waals surface area contributed by atoms with Crippen LogP contribution in [-0.2, 0) is 21.0 Å². The quantitative estimate of drug-likeness (QED) is 0.501. The highest BCUT2D eigenvalue weighted by molar-refractivity contribution is 7.93. The number of alkyl halides is 3. The zero-order valence-corrected chi connectivity index (χ0v) is 21.2. The van der Waals surface area contributed by atoms with E-state index < -0.39 is 21.8 Å². The number of benzene rings is 2. The predicted octanol–water partition coefficient (Wildman–Crippen LogP) is 3.89. The largest absolute Gasteiger partial charge is 0.416 e. The number of halogens is 3. The second-order valence-electron chi connectivity index (χ2n) is 8.80. The van der Waals surface area contributed by atoms with Gasteiger partial charge in [-0.1, -0.05) is 0 Å². The second-order valence-corrected chi connectivity index (χ2v) is 11.4. The topological polar surface area (TPSA) is 85.9 Å². The van der Waals surface area contributed by atoms with Crippen LogP contribution < -0.4 is 14.5 Å². The van der Waals surface area contributed by atoms with Crippen molar-refractivity contribution < 1.29 is 26.4 Å². The van der Waals surface area contributed by atoms with Crippen LogP contribution >= 0.6 is 11.3 Å². The molecule has 0 bridgehead atoms. The summed E-state index contributed by atoms with van der Waals surface area (Å²) in [5.74, 6) is -0.0421. The van der Waals surface area contributed by atoms with Crippen LogP contribution in [0.2, 0.25) is 0 Å². The van der Waals surface area contributed by atoms with Crippen LogP contribution in [-0.4, -0.2) is 63.0 Å². The van der Waals surface area contributed by atoms with Crippen molar-refractivity contribution in [3.8, 4) is 0 Å². The van der Waals surface area contributed by atoms with Gasteiger partial charge in [-0.2, -0.15) is 13.2 Å². The molecule has 37 heavy (non-hydrogen) atoms. The van der Waals surface area contributed by atoms with Crippen molar-refractivity contribution >= 4 is 43.8 Å². The fourth-order valence-corrected chi connectivity index (χ4v) is 6.45. The molecule has 196 valence electrons. The molecule has 1 aromatic heterocycles. The van der Waals surface area contributed by atoms with E-state index in [0.29, 0.717) is 44.8 Å². The Balaban J connectivity index is 1.19. The molecule has 3 aromatic rings. The number of carbonyl (C=O) groups is 1. The standard InChI is InChI=1S/C24H24F3N5O3S2/c25-24(26,27)17-1-3-18(4-2-17)30-12-14-31(15-13-30)21-9-11-32(22(21)33)19-5-7-20(8-6-19)37(34,35)29-23-28-10-16-36-23/h1-8,10,16,21H,9,11-15H2,(H,28,29)/t21-/m0/s1. The predicted molar refractivity (Wildman–Crippen MR) is 135 cm³/mol. The number of nitrogens with one attached hydrogen (secondary N) is 1. The summed E-state index contributed by atoms with van der Waals surface area (Å²) in [7, 11) is -3.78. The van der Waals surface area contributed by atoms with E-state index in [1.54, 1.807) is 22.4 Å². The zero-order valence-electron chi connectivity index (χ0n) is 19.6. The van der Waals surface area contributed by atoms with Gasteiger partial charge in [-0.3, -0.25) is 14.4 Å². The first-order valence-corrected chi connectivity index (χ1v) is 14.0. The molecule has 2 aliphatic heterocycles. The number of hydrogen-bond donors (Lipinski definition) is 1. The molecule has 2 saturated heterocycles. The molecule has 1 atom stereocenters. The van der Waals surface area contributed by atoms with E-state index in [2.05, 4.69) is 14.6 Å². The normalized spacial score (nSPS) is 19.4. The molecular weight excluding hydrogens is 527 g/mol. The first kappa shape index (κ1) is 25.5. The van der Waals surface area contributed by atoms with Crippen molar-refractivity contribution in [2.75, 3.05) is 47.2 Å². The van der Waals surface area contributed by atoms with Crippen LogP contribution in [0.4, 0.5) is 29.7 Å². The minimum atomic E-state index is -4.36. The van der Waals surface area contributed by atoms with Crippen LogP contribution in [0, 0.1) is 0 Å². The summed E-state index contributed by atoms with van der Waals surface area (Å²) in [5, 5.41) is 1.95. The summed E-state index contributed by atoms with van der Waals surface area (Å²) < 4.78 is 66.0. The van der Waals surface area contributed by atoms with Gasteiger partial charge in [0.25, 0.3) is 10.0 Å². The number of sulfonamides is 1. The number of thiazole rings is 1. The van der Waals surface area contributed by atoms with Crippen molar-refractivity contribution in [1.82, 2.24) is 9.88 Å². The Hall–Kier alpha value is -3.16. The second kappa shape index (κ2) is 9.95. The highest BCUT2D eigenvalue weighted by Crippen LogP contribution is 2.31. The fraction of sp³-hybridized carbons (Fsp3) is 0.333. The van der Waals surface area contributed by atoms with E-state index in [0.717, 1.165) is 17.8 Å². The highest BCUT2D eigenvalue weighted by atomic mass is 32.2. The van der Waals surface area contributed by atoms with Gasteiger partial charge >= 0.3 is 6.18 Å². The van der Waals surface area contributed by atoms with Crippen LogP contribution in [0.1, 0.15) is 12.0 Å². The van der Waals surface area contributed by atoms with Crippen molar-refractivity contribution in [2.45, 2.75) is 23.5 Å². The van der Waals surface area contributed by atoms with Gasteiger partial charge in [-0.15, -0.1) is 11.3 Å². The number of carbonyl (C=O) groups excluding carboxylic acids is 1. The Morgan fingerprint density at radius 2 is 1.57 bits per heavy atom. The Morgan fingerprint density at radius 1 is 0.919 bits per heavy atom. The number of hydrogen-bond acceptors (Lipinski definition) is 7. The minimum absolute atomic E-state index is 0.0421. The van der Waals surface area contributed by atoms with Crippen molar-refractivity contribution in [2.24, 2.45) is 0 Å². The number of aromatic nitrogens is 1. The van der Waals surface area contributed by atoms with Crippen LogP contribution in [0.3, 0.4) is 0 Å². The van der Waals surface area contributed by atoms with Crippen LogP contribution in [0.15, 0.2) is 65.0 Å². The van der Waals surface area contributed by atoms with Gasteiger partial charge < -0.3 is 9.80 Å². The van der Waals surface area contributed by atoms with Crippen molar-refractivity contribution in [3.63, 3.8) is 0 Å². The van der Waals surface area contributed by atoms with Crippen molar-refractivity contribution in [3.05, 3.63) is 65.7 Å². The smallest absolute Gasteiger partial charge is 0.369 e. The van der Waals surface area contributed by atoms with Gasteiger partial charge in [0.1, 0.15) is 0 Å². The Bertz CT molecular complexity index is 1340. The molecule has 1 amide bonds. The van der Waals surface area contributed by atoms with E-state index in [-0.39, 0.29) is 22.0 Å². The number of rotatable bonds is 6. The molecule has 1 N–H and O–H groups in total. The molecule has 0 unspecified atom stereocenters. The molecule has 0 radical (unpaired) electrons. The Morgan fingerprint density at radius 3 is 2.16 bits per heavy atom. The zero-order chi connectivity index (χ0) is 26.2. The first-order valence-electron chi connectivity index (χ1n) is 11.6. The van der Waals surface area contributed by atoms with Gasteiger partial charge in [-0.05, 0) is 55.0 Å². The van der Waals surface area contributed by atoms with Gasteiger partial charge in [0.05, 0.1) is 16.5 Å². The first-order chi connectivity index (χ1) is 17.6. The van der Waals surface area contributed by atoms with E-state index >= 15 is 0 Å². The van der Waals surface area contributed by atoms with Gasteiger partial charge in [0.15, 0.2) is 5.13 Å². The Labute approximate surface area is 216 Å². The monoisotopic (exact) mass is 551 g/mol. The van der Waals surface area contributed by atoms with Gasteiger partial charge in [-0.25, -0.2) is 13.4 Å². The number of nitrogens with zero attached hydrogens (tertiary/aromatic N) is 4. The molecule has 0 saturated carbocycles. The molecule has 8 nitrogen and oxygen atoms in total. The summed E-state index contributed by atoms with van der Waals surface area (Å²) in [6, 6.07) is 11.0. The summed E-state index contributed by atoms with van der Waals surface area (Å²) in [6.07, 6.45) is -2.21. The summed E-state index contributed by atoms with van der Waals surface area (Å²) in [4.78, 5) is 23.0. The number of anilines is 3. The molecule has 2 aliphatic rings. The lowest BCUT2D eigenvalue weighted by Crippen LogP contribution is -2.52. The molecule has 13 heteroatoms. The van der Waals surface area contributed by atoms with Gasteiger partial charge in [0.2, 0.25) is 5.91 Å². The lowest BCUT2D eigenvalue weighted by molar-refractivity contribution is -0.137. The number of piperazine rings is 1. The molecule has 2 aromatic carbocycles. The van der Waals surface area contributed by atoms with E-state index in [1.807, 2.05) is 4.90 Å². The molecule has 0 aliphatic carbocycles. The maximum absolute atomic E-state index is 13.2. The third kappa shape index (κ3) is 5.43. The van der Waals surface area contributed by atoms with Crippen LogP contribution in [0.25, 0.3) is 0 Å². The third-order valence-corrected chi connectivity index (χ3v) is 8.78. The number of amides is 1. The summed E-state index contributed by atoms with van der Waals surface area (Å²) in [5.41, 5.74) is 0.684. The highest BCUT2D eigenvalue weighted by Gasteiger charge is 2.38. The molecular formula is C24H24F3N5O3S2. The summed E-state index contributed by atoms with van der Waals surface area (Å²) >= 11 is 1.18. The SMILES string of the molecule is O=C1[C@@H](N2CCN(c3ccc(C(F)(F)F)cc3)CC2)CCN1c1ccc(S(=O)(=O)Nc2nccs2)cc1. The Kier molecular flexibility index (Phi) is 6.86. The minimum Gasteiger partial charge on any atom is -0.369 e. The van der Waals surface area contributed by atoms with Gasteiger partial charge in [0, 0.05) is 55.7 Å². The third-order valence-electron chi connectivity index (χ3n) is 6.60. The van der Waals surface area contributed by atoms with E-state index in [4.69, 9.17) is 0 Å². The maximum Gasteiger partial charge on any atom is 0.416 e. The lowest BCUT2D eigenvalue weighted by Gasteiger charge is -2.38.